The van der Waals surface area contributed by atoms with Crippen LogP contribution in [0.25, 0.3) is 10.9 Å². The Hall–Kier alpha value is -2.22. The van der Waals surface area contributed by atoms with Crippen LogP contribution < -0.4 is 5.32 Å². The zero-order chi connectivity index (χ0) is 20.4. The number of carbonyl (C=O) groups is 1. The second kappa shape index (κ2) is 8.03. The van der Waals surface area contributed by atoms with Crippen molar-refractivity contribution in [3.05, 3.63) is 41.8 Å². The highest BCUT2D eigenvalue weighted by molar-refractivity contribution is 5.97. The number of carbonyl (C=O) groups excluding carboxylic acids is 1. The standard InChI is InChI=1S/C20H22F4N2O2/c1-2-19(11-20(22,23)24,12-28-15-6-4-7-15)26-18(27)14-9-13-5-3-8-16(21)17(13)25-10-14/h3,5,8-10,15H,2,4,6-7,11-12H2,1H3,(H,26,27). The molecule has 3 rings (SSSR count). The van der Waals surface area contributed by atoms with Gasteiger partial charge in [-0.15, -0.1) is 0 Å². The molecule has 0 spiro atoms. The minimum atomic E-state index is -4.46. The molecule has 152 valence electrons. The van der Waals surface area contributed by atoms with Crippen LogP contribution >= 0.6 is 0 Å². The molecule has 0 bridgehead atoms. The quantitative estimate of drug-likeness (QED) is 0.684. The first kappa shape index (κ1) is 20.5. The van der Waals surface area contributed by atoms with E-state index < -0.39 is 29.9 Å². The summed E-state index contributed by atoms with van der Waals surface area (Å²) >= 11 is 0. The summed E-state index contributed by atoms with van der Waals surface area (Å²) in [4.78, 5) is 16.6. The monoisotopic (exact) mass is 398 g/mol. The summed E-state index contributed by atoms with van der Waals surface area (Å²) in [6.45, 7) is 1.37. The van der Waals surface area contributed by atoms with Crippen molar-refractivity contribution in [2.24, 2.45) is 0 Å². The van der Waals surface area contributed by atoms with Gasteiger partial charge in [0.1, 0.15) is 11.3 Å². The molecule has 1 aliphatic carbocycles. The lowest BCUT2D eigenvalue weighted by atomic mass is 9.90. The molecule has 8 heteroatoms. The van der Waals surface area contributed by atoms with E-state index in [1.807, 2.05) is 0 Å². The van der Waals surface area contributed by atoms with E-state index in [0.717, 1.165) is 19.3 Å². The van der Waals surface area contributed by atoms with Crippen LogP contribution in [0.3, 0.4) is 0 Å². The Kier molecular flexibility index (Phi) is 5.88. The Labute approximate surface area is 160 Å². The molecule has 1 N–H and O–H groups in total. The van der Waals surface area contributed by atoms with Crippen molar-refractivity contribution in [1.82, 2.24) is 10.3 Å². The highest BCUT2D eigenvalue weighted by Gasteiger charge is 2.43. The van der Waals surface area contributed by atoms with Gasteiger partial charge in [0.25, 0.3) is 5.91 Å². The van der Waals surface area contributed by atoms with E-state index in [9.17, 15) is 22.4 Å². The molecule has 1 amide bonds. The molecule has 2 aromatic rings. The van der Waals surface area contributed by atoms with Gasteiger partial charge >= 0.3 is 6.18 Å². The van der Waals surface area contributed by atoms with Crippen molar-refractivity contribution in [1.29, 1.82) is 0 Å². The molecular weight excluding hydrogens is 376 g/mol. The van der Waals surface area contributed by atoms with E-state index in [0.29, 0.717) is 5.39 Å². The van der Waals surface area contributed by atoms with Crippen LogP contribution in [0.4, 0.5) is 17.6 Å². The third-order valence-corrected chi connectivity index (χ3v) is 5.17. The van der Waals surface area contributed by atoms with E-state index in [4.69, 9.17) is 4.74 Å². The fraction of sp³-hybridized carbons (Fsp3) is 0.500. The molecule has 28 heavy (non-hydrogen) atoms. The summed E-state index contributed by atoms with van der Waals surface area (Å²) in [5.41, 5.74) is -1.40. The molecule has 1 fully saturated rings. The van der Waals surface area contributed by atoms with Gasteiger partial charge in [0.15, 0.2) is 0 Å². The molecule has 1 saturated carbocycles. The topological polar surface area (TPSA) is 51.2 Å². The SMILES string of the molecule is CCC(COC1CCC1)(CC(F)(F)F)NC(=O)c1cnc2c(F)cccc2c1. The van der Waals surface area contributed by atoms with Gasteiger partial charge in [0.2, 0.25) is 0 Å². The number of hydrogen-bond acceptors (Lipinski definition) is 3. The van der Waals surface area contributed by atoms with Crippen LogP contribution in [0, 0.1) is 5.82 Å². The predicted octanol–water partition coefficient (Wildman–Crippen LogP) is 4.77. The second-order valence-corrected chi connectivity index (χ2v) is 7.28. The number of fused-ring (bicyclic) bond motifs is 1. The van der Waals surface area contributed by atoms with Gasteiger partial charge in [-0.3, -0.25) is 9.78 Å². The lowest BCUT2D eigenvalue weighted by Crippen LogP contribution is -2.54. The van der Waals surface area contributed by atoms with Gasteiger partial charge < -0.3 is 10.1 Å². The highest BCUT2D eigenvalue weighted by Crippen LogP contribution is 2.32. The lowest BCUT2D eigenvalue weighted by molar-refractivity contribution is -0.159. The molecule has 1 heterocycles. The first-order chi connectivity index (χ1) is 13.2. The van der Waals surface area contributed by atoms with Crippen molar-refractivity contribution in [2.75, 3.05) is 6.61 Å². The summed E-state index contributed by atoms with van der Waals surface area (Å²) in [6, 6.07) is 5.73. The summed E-state index contributed by atoms with van der Waals surface area (Å²) in [7, 11) is 0. The number of alkyl halides is 3. The fourth-order valence-electron chi connectivity index (χ4n) is 3.21. The summed E-state index contributed by atoms with van der Waals surface area (Å²) in [5, 5.41) is 2.92. The molecule has 0 saturated heterocycles. The number of para-hydroxylation sites is 1. The van der Waals surface area contributed by atoms with Crippen LogP contribution in [0.2, 0.25) is 0 Å². The summed E-state index contributed by atoms with van der Waals surface area (Å²) < 4.78 is 59.0. The fourth-order valence-corrected chi connectivity index (χ4v) is 3.21. The van der Waals surface area contributed by atoms with E-state index in [1.54, 1.807) is 13.0 Å². The highest BCUT2D eigenvalue weighted by atomic mass is 19.4. The number of nitrogens with one attached hydrogen (secondary N) is 1. The number of nitrogens with zero attached hydrogens (tertiary/aromatic N) is 1. The number of hydrogen-bond donors (Lipinski definition) is 1. The Morgan fingerprint density at radius 3 is 2.68 bits per heavy atom. The van der Waals surface area contributed by atoms with Crippen LogP contribution in [-0.2, 0) is 4.74 Å². The van der Waals surface area contributed by atoms with Crippen LogP contribution in [0.5, 0.6) is 0 Å². The molecule has 1 aromatic heterocycles. The Balaban J connectivity index is 1.82. The Morgan fingerprint density at radius 2 is 2.07 bits per heavy atom. The van der Waals surface area contributed by atoms with E-state index in [2.05, 4.69) is 10.3 Å². The summed E-state index contributed by atoms with van der Waals surface area (Å²) in [5.74, 6) is -1.22. The molecule has 1 unspecified atom stereocenters. The zero-order valence-electron chi connectivity index (χ0n) is 15.5. The average molecular weight is 398 g/mol. The van der Waals surface area contributed by atoms with Gasteiger partial charge in [-0.2, -0.15) is 13.2 Å². The number of benzene rings is 1. The molecule has 1 aliphatic rings. The van der Waals surface area contributed by atoms with Gasteiger partial charge in [-0.1, -0.05) is 19.1 Å². The van der Waals surface area contributed by atoms with Gasteiger partial charge in [0, 0.05) is 11.6 Å². The average Bonchev–Trinajstić information content (AvgIpc) is 2.58. The minimum absolute atomic E-state index is 0.0543. The largest absolute Gasteiger partial charge is 0.391 e. The third kappa shape index (κ3) is 4.79. The second-order valence-electron chi connectivity index (χ2n) is 7.28. The zero-order valence-corrected chi connectivity index (χ0v) is 15.5. The Bertz CT molecular complexity index is 852. The molecule has 4 nitrogen and oxygen atoms in total. The number of amides is 1. The number of ether oxygens (including phenoxy) is 1. The minimum Gasteiger partial charge on any atom is -0.376 e. The van der Waals surface area contributed by atoms with E-state index in [-0.39, 0.29) is 30.2 Å². The third-order valence-electron chi connectivity index (χ3n) is 5.17. The summed E-state index contributed by atoms with van der Waals surface area (Å²) in [6.07, 6.45) is -1.85. The van der Waals surface area contributed by atoms with Crippen molar-refractivity contribution in [2.45, 2.75) is 56.8 Å². The number of pyridine rings is 1. The molecule has 0 radical (unpaired) electrons. The van der Waals surface area contributed by atoms with Crippen molar-refractivity contribution in [3.63, 3.8) is 0 Å². The normalized spacial score (nSPS) is 17.2. The maximum absolute atomic E-state index is 13.7. The first-order valence-corrected chi connectivity index (χ1v) is 9.26. The first-order valence-electron chi connectivity index (χ1n) is 9.26. The molecule has 1 atom stereocenters. The maximum atomic E-state index is 13.7. The lowest BCUT2D eigenvalue weighted by Gasteiger charge is -2.37. The van der Waals surface area contributed by atoms with Crippen LogP contribution in [0.1, 0.15) is 49.4 Å². The maximum Gasteiger partial charge on any atom is 0.391 e. The number of halogens is 4. The number of rotatable bonds is 7. The molecule has 0 aliphatic heterocycles. The van der Waals surface area contributed by atoms with Gasteiger partial charge in [0.05, 0.1) is 30.2 Å². The van der Waals surface area contributed by atoms with Crippen LogP contribution in [-0.4, -0.2) is 35.3 Å². The number of aromatic nitrogens is 1. The predicted molar refractivity (Wildman–Crippen MR) is 96.5 cm³/mol. The molecule has 1 aromatic carbocycles. The smallest absolute Gasteiger partial charge is 0.376 e. The Morgan fingerprint density at radius 1 is 1.32 bits per heavy atom. The van der Waals surface area contributed by atoms with E-state index in [1.165, 1.54) is 24.4 Å². The van der Waals surface area contributed by atoms with Crippen molar-refractivity contribution >= 4 is 16.8 Å². The van der Waals surface area contributed by atoms with Crippen LogP contribution in [0.15, 0.2) is 30.5 Å². The van der Waals surface area contributed by atoms with Crippen molar-refractivity contribution < 1.29 is 27.1 Å². The van der Waals surface area contributed by atoms with Gasteiger partial charge in [-0.05, 0) is 37.8 Å². The van der Waals surface area contributed by atoms with Gasteiger partial charge in [-0.25, -0.2) is 4.39 Å². The van der Waals surface area contributed by atoms with Crippen molar-refractivity contribution in [3.8, 4) is 0 Å². The molecular formula is C20H22F4N2O2. The van der Waals surface area contributed by atoms with E-state index >= 15 is 0 Å².